The normalized spacial score (nSPS) is 11.6. The van der Waals surface area contributed by atoms with E-state index in [2.05, 4.69) is 27.7 Å². The lowest BCUT2D eigenvalue weighted by Crippen LogP contribution is -2.35. The van der Waals surface area contributed by atoms with Gasteiger partial charge in [0.15, 0.2) is 0 Å². The molecule has 0 unspecified atom stereocenters. The van der Waals surface area contributed by atoms with Crippen molar-refractivity contribution >= 4 is 0 Å². The van der Waals surface area contributed by atoms with Gasteiger partial charge in [-0.05, 0) is 12.8 Å². The third-order valence-corrected chi connectivity index (χ3v) is 1.60. The van der Waals surface area contributed by atoms with Crippen LogP contribution in [0.25, 0.3) is 0 Å². The van der Waals surface area contributed by atoms with Crippen LogP contribution >= 0.6 is 0 Å². The Morgan fingerprint density at radius 1 is 1.25 bits per heavy atom. The Kier molecular flexibility index (Phi) is 6.03. The quantitative estimate of drug-likeness (QED) is 0.322. The van der Waals surface area contributed by atoms with E-state index in [-0.39, 0.29) is 0 Å². The molecule has 0 amide bonds. The maximum Gasteiger partial charge on any atom is 0.0781 e. The van der Waals surface area contributed by atoms with E-state index in [1.165, 1.54) is 13.0 Å². The monoisotopic (exact) mass is 172 g/mol. The van der Waals surface area contributed by atoms with E-state index in [4.69, 9.17) is 4.74 Å². The van der Waals surface area contributed by atoms with Gasteiger partial charge in [-0.2, -0.15) is 0 Å². The molecule has 0 rings (SSSR count). The molecule has 0 spiro atoms. The first-order chi connectivity index (χ1) is 5.56. The van der Waals surface area contributed by atoms with Gasteiger partial charge in [0.05, 0.1) is 34.3 Å². The van der Waals surface area contributed by atoms with Gasteiger partial charge in [0.2, 0.25) is 0 Å². The number of ether oxygens (including phenoxy) is 1. The van der Waals surface area contributed by atoms with Crippen LogP contribution in [0.15, 0.2) is 12.7 Å². The van der Waals surface area contributed by atoms with Crippen LogP contribution in [0, 0.1) is 0 Å². The summed E-state index contributed by atoms with van der Waals surface area (Å²) in [5.74, 6) is 0. The topological polar surface area (TPSA) is 9.23 Å². The largest absolute Gasteiger partial charge is 0.377 e. The Balaban J connectivity index is 3.06. The number of quaternary nitrogens is 1. The predicted molar refractivity (Wildman–Crippen MR) is 53.1 cm³/mol. The first-order valence-corrected chi connectivity index (χ1v) is 4.55. The molecule has 0 bridgehead atoms. The zero-order valence-electron chi connectivity index (χ0n) is 8.68. The molecule has 0 aliphatic rings. The number of nitrogens with zero attached hydrogens (tertiary/aromatic N) is 1. The summed E-state index contributed by atoms with van der Waals surface area (Å²) >= 11 is 0. The summed E-state index contributed by atoms with van der Waals surface area (Å²) < 4.78 is 6.32. The lowest BCUT2D eigenvalue weighted by Gasteiger charge is -2.23. The van der Waals surface area contributed by atoms with Gasteiger partial charge < -0.3 is 9.22 Å². The molecular formula is C10H22NO+. The second-order valence-corrected chi connectivity index (χ2v) is 4.08. The standard InChI is InChI=1S/C10H22NO/c1-5-9-12-10-7-6-8-11(2,3)4/h5H,1,6-10H2,2-4H3/q+1. The third-order valence-electron chi connectivity index (χ3n) is 1.60. The highest BCUT2D eigenvalue weighted by molar-refractivity contribution is 4.63. The lowest BCUT2D eigenvalue weighted by molar-refractivity contribution is -0.870. The summed E-state index contributed by atoms with van der Waals surface area (Å²) in [5, 5.41) is 0. The number of hydrogen-bond donors (Lipinski definition) is 0. The fourth-order valence-electron chi connectivity index (χ4n) is 0.957. The number of hydrogen-bond acceptors (Lipinski definition) is 1. The molecule has 0 aromatic rings. The fraction of sp³-hybridized carbons (Fsp3) is 0.800. The SMILES string of the molecule is C=CCOCCCC[N+](C)(C)C. The van der Waals surface area contributed by atoms with Crippen LogP contribution in [-0.2, 0) is 4.74 Å². The van der Waals surface area contributed by atoms with Crippen LogP contribution in [0.3, 0.4) is 0 Å². The van der Waals surface area contributed by atoms with Crippen molar-refractivity contribution in [1.29, 1.82) is 0 Å². The predicted octanol–water partition coefficient (Wildman–Crippen LogP) is 1.68. The molecule has 0 fully saturated rings. The second kappa shape index (κ2) is 6.21. The average Bonchev–Trinajstić information content (AvgIpc) is 1.94. The van der Waals surface area contributed by atoms with Gasteiger partial charge in [-0.3, -0.25) is 0 Å². The van der Waals surface area contributed by atoms with Crippen LogP contribution in [0.2, 0.25) is 0 Å². The van der Waals surface area contributed by atoms with Crippen molar-refractivity contribution in [3.63, 3.8) is 0 Å². The van der Waals surface area contributed by atoms with Crippen LogP contribution in [0.5, 0.6) is 0 Å². The van der Waals surface area contributed by atoms with E-state index in [1.54, 1.807) is 6.08 Å². The molecule has 2 nitrogen and oxygen atoms in total. The van der Waals surface area contributed by atoms with E-state index in [0.717, 1.165) is 17.5 Å². The van der Waals surface area contributed by atoms with Crippen molar-refractivity contribution in [3.05, 3.63) is 12.7 Å². The Bertz CT molecular complexity index is 115. The first kappa shape index (κ1) is 11.7. The molecule has 2 heteroatoms. The Morgan fingerprint density at radius 3 is 2.42 bits per heavy atom. The zero-order valence-corrected chi connectivity index (χ0v) is 8.68. The summed E-state index contributed by atoms with van der Waals surface area (Å²) in [7, 11) is 6.64. The first-order valence-electron chi connectivity index (χ1n) is 4.55. The van der Waals surface area contributed by atoms with E-state index >= 15 is 0 Å². The maximum atomic E-state index is 5.27. The Hall–Kier alpha value is -0.340. The molecule has 0 aromatic heterocycles. The van der Waals surface area contributed by atoms with E-state index in [0.29, 0.717) is 6.61 Å². The fourth-order valence-corrected chi connectivity index (χ4v) is 0.957. The van der Waals surface area contributed by atoms with Crippen molar-refractivity contribution < 1.29 is 9.22 Å². The highest BCUT2D eigenvalue weighted by Gasteiger charge is 2.04. The maximum absolute atomic E-state index is 5.27. The number of unbranched alkanes of at least 4 members (excludes halogenated alkanes) is 1. The van der Waals surface area contributed by atoms with Gasteiger partial charge in [0.1, 0.15) is 0 Å². The summed E-state index contributed by atoms with van der Waals surface area (Å²) in [4.78, 5) is 0. The van der Waals surface area contributed by atoms with Gasteiger partial charge in [0.25, 0.3) is 0 Å². The van der Waals surface area contributed by atoms with Gasteiger partial charge >= 0.3 is 0 Å². The molecular weight excluding hydrogens is 150 g/mol. The Labute approximate surface area is 76.4 Å². The summed E-state index contributed by atoms with van der Waals surface area (Å²) in [6.07, 6.45) is 4.18. The van der Waals surface area contributed by atoms with E-state index in [1.807, 2.05) is 0 Å². The molecule has 12 heavy (non-hydrogen) atoms. The minimum atomic E-state index is 0.685. The van der Waals surface area contributed by atoms with Crippen molar-refractivity contribution in [3.8, 4) is 0 Å². The molecule has 0 saturated heterocycles. The van der Waals surface area contributed by atoms with Gasteiger partial charge in [-0.15, -0.1) is 6.58 Å². The zero-order chi connectivity index (χ0) is 9.45. The molecule has 0 heterocycles. The van der Waals surface area contributed by atoms with E-state index < -0.39 is 0 Å². The molecule has 0 atom stereocenters. The van der Waals surface area contributed by atoms with Crippen LogP contribution in [0.4, 0.5) is 0 Å². The van der Waals surface area contributed by atoms with Gasteiger partial charge in [-0.25, -0.2) is 0 Å². The molecule has 0 aliphatic carbocycles. The molecule has 0 aromatic carbocycles. The highest BCUT2D eigenvalue weighted by Crippen LogP contribution is 1.97. The van der Waals surface area contributed by atoms with Crippen molar-refractivity contribution in [2.45, 2.75) is 12.8 Å². The second-order valence-electron chi connectivity index (χ2n) is 4.08. The highest BCUT2D eigenvalue weighted by atomic mass is 16.5. The summed E-state index contributed by atoms with van der Waals surface area (Å²) in [6.45, 7) is 6.36. The van der Waals surface area contributed by atoms with Crippen molar-refractivity contribution in [2.75, 3.05) is 40.9 Å². The minimum Gasteiger partial charge on any atom is -0.377 e. The molecule has 72 valence electrons. The van der Waals surface area contributed by atoms with E-state index in [9.17, 15) is 0 Å². The van der Waals surface area contributed by atoms with Crippen LogP contribution in [-0.4, -0.2) is 45.4 Å². The van der Waals surface area contributed by atoms with Gasteiger partial charge in [0, 0.05) is 6.61 Å². The average molecular weight is 172 g/mol. The van der Waals surface area contributed by atoms with Crippen molar-refractivity contribution in [1.82, 2.24) is 0 Å². The summed E-state index contributed by atoms with van der Waals surface area (Å²) in [5.41, 5.74) is 0. The Morgan fingerprint density at radius 2 is 1.92 bits per heavy atom. The summed E-state index contributed by atoms with van der Waals surface area (Å²) in [6, 6.07) is 0. The minimum absolute atomic E-state index is 0.685. The smallest absolute Gasteiger partial charge is 0.0781 e. The van der Waals surface area contributed by atoms with Gasteiger partial charge in [-0.1, -0.05) is 6.08 Å². The van der Waals surface area contributed by atoms with Crippen molar-refractivity contribution in [2.24, 2.45) is 0 Å². The molecule has 0 N–H and O–H groups in total. The lowest BCUT2D eigenvalue weighted by atomic mass is 10.3. The third kappa shape index (κ3) is 9.66. The van der Waals surface area contributed by atoms with Crippen LogP contribution in [0.1, 0.15) is 12.8 Å². The number of rotatable bonds is 7. The molecule has 0 saturated carbocycles. The molecule has 0 radical (unpaired) electrons. The van der Waals surface area contributed by atoms with Crippen LogP contribution < -0.4 is 0 Å². The molecule has 0 aliphatic heterocycles.